The van der Waals surface area contributed by atoms with Crippen molar-refractivity contribution in [3.63, 3.8) is 0 Å². The predicted octanol–water partition coefficient (Wildman–Crippen LogP) is 4.05. The van der Waals surface area contributed by atoms with Crippen molar-refractivity contribution in [2.45, 2.75) is 12.3 Å². The van der Waals surface area contributed by atoms with E-state index in [0.29, 0.717) is 11.5 Å². The van der Waals surface area contributed by atoms with Crippen LogP contribution in [0.3, 0.4) is 0 Å². The third-order valence-electron chi connectivity index (χ3n) is 3.82. The number of primary amides is 1. The number of hydrogen-bond acceptors (Lipinski definition) is 1. The Bertz CT molecular complexity index is 693. The minimum Gasteiger partial charge on any atom is -0.366 e. The van der Waals surface area contributed by atoms with E-state index in [2.05, 4.69) is 48.6 Å². The van der Waals surface area contributed by atoms with Crippen molar-refractivity contribution in [1.29, 1.82) is 0 Å². The van der Waals surface area contributed by atoms with Crippen molar-refractivity contribution in [3.05, 3.63) is 84.0 Å². The molecule has 0 heterocycles. The van der Waals surface area contributed by atoms with E-state index in [1.54, 1.807) is 12.1 Å². The Kier molecular flexibility index (Phi) is 3.69. The molecule has 0 aromatic heterocycles. The summed E-state index contributed by atoms with van der Waals surface area (Å²) in [4.78, 5) is 11.1. The molecule has 1 amide bonds. The summed E-state index contributed by atoms with van der Waals surface area (Å²) < 4.78 is 0. The molecule has 1 aliphatic carbocycles. The second kappa shape index (κ2) is 5.80. The highest BCUT2D eigenvalue weighted by molar-refractivity contribution is 5.93. The zero-order valence-electron chi connectivity index (χ0n) is 11.7. The first kappa shape index (κ1) is 13.4. The number of hydrogen-bond donors (Lipinski definition) is 1. The van der Waals surface area contributed by atoms with Gasteiger partial charge in [0.15, 0.2) is 0 Å². The molecule has 0 bridgehead atoms. The molecule has 1 unspecified atom stereocenters. The number of rotatable bonds is 3. The van der Waals surface area contributed by atoms with Gasteiger partial charge in [-0.05, 0) is 35.2 Å². The Labute approximate surface area is 124 Å². The molecule has 2 aromatic carbocycles. The zero-order valence-corrected chi connectivity index (χ0v) is 11.7. The topological polar surface area (TPSA) is 43.1 Å². The summed E-state index contributed by atoms with van der Waals surface area (Å²) in [6, 6.07) is 16.0. The van der Waals surface area contributed by atoms with Gasteiger partial charge >= 0.3 is 0 Å². The van der Waals surface area contributed by atoms with Crippen LogP contribution in [0.2, 0.25) is 0 Å². The van der Waals surface area contributed by atoms with E-state index in [-0.39, 0.29) is 0 Å². The van der Waals surface area contributed by atoms with Crippen molar-refractivity contribution >= 4 is 5.91 Å². The molecule has 3 rings (SSSR count). The molecule has 0 saturated heterocycles. The fourth-order valence-corrected chi connectivity index (χ4v) is 2.58. The number of carbonyl (C=O) groups is 1. The van der Waals surface area contributed by atoms with Crippen molar-refractivity contribution in [2.24, 2.45) is 5.73 Å². The molecule has 1 atom stereocenters. The maximum absolute atomic E-state index is 11.1. The Balaban J connectivity index is 1.82. The van der Waals surface area contributed by atoms with Crippen LogP contribution in [0.1, 0.15) is 28.3 Å². The minimum atomic E-state index is -0.394. The lowest BCUT2D eigenvalue weighted by atomic mass is 9.91. The first-order valence-electron chi connectivity index (χ1n) is 7.07. The van der Waals surface area contributed by atoms with Gasteiger partial charge in [-0.3, -0.25) is 4.79 Å². The van der Waals surface area contributed by atoms with E-state index in [1.807, 2.05) is 12.1 Å². The summed E-state index contributed by atoms with van der Waals surface area (Å²) in [5, 5.41) is 0. The summed E-state index contributed by atoms with van der Waals surface area (Å²) in [6.07, 6.45) is 9.68. The summed E-state index contributed by atoms with van der Waals surface area (Å²) in [6.45, 7) is 0. The van der Waals surface area contributed by atoms with Gasteiger partial charge in [-0.1, -0.05) is 60.7 Å². The molecule has 0 fully saturated rings. The molecule has 0 saturated carbocycles. The minimum absolute atomic E-state index is 0.394. The molecular formula is C19H17NO. The van der Waals surface area contributed by atoms with Crippen LogP contribution in [0.4, 0.5) is 0 Å². The Hall–Kier alpha value is -2.61. The zero-order chi connectivity index (χ0) is 14.7. The number of amides is 1. The van der Waals surface area contributed by atoms with Gasteiger partial charge < -0.3 is 5.73 Å². The van der Waals surface area contributed by atoms with Gasteiger partial charge in [-0.2, -0.15) is 0 Å². The van der Waals surface area contributed by atoms with E-state index >= 15 is 0 Å². The Morgan fingerprint density at radius 1 is 0.905 bits per heavy atom. The molecule has 1 aliphatic rings. The lowest BCUT2D eigenvalue weighted by Crippen LogP contribution is -2.10. The summed E-state index contributed by atoms with van der Waals surface area (Å²) in [7, 11) is 0. The van der Waals surface area contributed by atoms with E-state index < -0.39 is 5.91 Å². The van der Waals surface area contributed by atoms with Gasteiger partial charge in [0.25, 0.3) is 0 Å². The first-order valence-corrected chi connectivity index (χ1v) is 7.07. The van der Waals surface area contributed by atoms with Gasteiger partial charge in [-0.15, -0.1) is 0 Å². The van der Waals surface area contributed by atoms with Gasteiger partial charge in [-0.25, -0.2) is 0 Å². The van der Waals surface area contributed by atoms with Gasteiger partial charge in [0.05, 0.1) is 0 Å². The summed E-state index contributed by atoms with van der Waals surface area (Å²) in [5.74, 6) is 0.0790. The number of nitrogens with two attached hydrogens (primary N) is 1. The Morgan fingerprint density at radius 2 is 1.52 bits per heavy atom. The fourth-order valence-electron chi connectivity index (χ4n) is 2.58. The highest BCUT2D eigenvalue weighted by atomic mass is 16.1. The number of allylic oxidation sites excluding steroid dienone is 4. The third-order valence-corrected chi connectivity index (χ3v) is 3.82. The SMILES string of the molecule is NC(=O)c1ccc(-c2ccc(C3C=CC=CC3)cc2)cc1. The van der Waals surface area contributed by atoms with E-state index in [4.69, 9.17) is 5.73 Å². The van der Waals surface area contributed by atoms with Gasteiger partial charge in [0.1, 0.15) is 0 Å². The molecule has 2 nitrogen and oxygen atoms in total. The monoisotopic (exact) mass is 275 g/mol. The van der Waals surface area contributed by atoms with Crippen LogP contribution in [-0.2, 0) is 0 Å². The average Bonchev–Trinajstić information content (AvgIpc) is 2.56. The van der Waals surface area contributed by atoms with Crippen molar-refractivity contribution in [2.75, 3.05) is 0 Å². The second-order valence-electron chi connectivity index (χ2n) is 5.22. The van der Waals surface area contributed by atoms with Crippen LogP contribution < -0.4 is 5.73 Å². The first-order chi connectivity index (χ1) is 10.2. The van der Waals surface area contributed by atoms with Crippen LogP contribution in [0, 0.1) is 0 Å². The Morgan fingerprint density at radius 3 is 2.05 bits per heavy atom. The van der Waals surface area contributed by atoms with Crippen molar-refractivity contribution in [1.82, 2.24) is 0 Å². The second-order valence-corrected chi connectivity index (χ2v) is 5.22. The lowest BCUT2D eigenvalue weighted by Gasteiger charge is -2.14. The van der Waals surface area contributed by atoms with E-state index in [0.717, 1.165) is 17.5 Å². The van der Waals surface area contributed by atoms with E-state index in [1.165, 1.54) is 5.56 Å². The maximum atomic E-state index is 11.1. The number of carbonyl (C=O) groups excluding carboxylic acids is 1. The van der Waals surface area contributed by atoms with Gasteiger partial charge in [0.2, 0.25) is 5.91 Å². The normalized spacial score (nSPS) is 16.9. The maximum Gasteiger partial charge on any atom is 0.248 e. The number of benzene rings is 2. The molecule has 0 radical (unpaired) electrons. The smallest absolute Gasteiger partial charge is 0.248 e. The lowest BCUT2D eigenvalue weighted by molar-refractivity contribution is 0.100. The molecule has 2 aromatic rings. The summed E-state index contributed by atoms with van der Waals surface area (Å²) in [5.41, 5.74) is 9.35. The molecule has 2 heteroatoms. The van der Waals surface area contributed by atoms with Crippen LogP contribution in [0.5, 0.6) is 0 Å². The van der Waals surface area contributed by atoms with Crippen molar-refractivity contribution < 1.29 is 4.79 Å². The standard InChI is InChI=1S/C19H17NO/c20-19(21)18-12-10-17(11-13-18)16-8-6-15(7-9-16)14-4-2-1-3-5-14/h1-4,6-14H,5H2,(H2,20,21). The molecule has 2 N–H and O–H groups in total. The van der Waals surface area contributed by atoms with Crippen LogP contribution in [0.25, 0.3) is 11.1 Å². The van der Waals surface area contributed by atoms with Crippen LogP contribution >= 0.6 is 0 Å². The van der Waals surface area contributed by atoms with Crippen LogP contribution in [-0.4, -0.2) is 5.91 Å². The molecule has 21 heavy (non-hydrogen) atoms. The van der Waals surface area contributed by atoms with E-state index in [9.17, 15) is 4.79 Å². The van der Waals surface area contributed by atoms with Crippen LogP contribution in [0.15, 0.2) is 72.8 Å². The van der Waals surface area contributed by atoms with Gasteiger partial charge in [0, 0.05) is 11.5 Å². The molecule has 104 valence electrons. The average molecular weight is 275 g/mol. The quantitative estimate of drug-likeness (QED) is 0.902. The fraction of sp³-hybridized carbons (Fsp3) is 0.105. The highest BCUT2D eigenvalue weighted by Crippen LogP contribution is 2.27. The molecular weight excluding hydrogens is 258 g/mol. The largest absolute Gasteiger partial charge is 0.366 e. The third kappa shape index (κ3) is 2.95. The highest BCUT2D eigenvalue weighted by Gasteiger charge is 2.08. The van der Waals surface area contributed by atoms with Crippen molar-refractivity contribution in [3.8, 4) is 11.1 Å². The molecule has 0 spiro atoms. The summed E-state index contributed by atoms with van der Waals surface area (Å²) >= 11 is 0. The molecule has 0 aliphatic heterocycles. The predicted molar refractivity (Wildman–Crippen MR) is 86.0 cm³/mol.